The highest BCUT2D eigenvalue weighted by atomic mass is 16.5. The van der Waals surface area contributed by atoms with Crippen LogP contribution in [-0.2, 0) is 9.47 Å². The fourth-order valence-corrected chi connectivity index (χ4v) is 3.92. The lowest BCUT2D eigenvalue weighted by Crippen LogP contribution is -2.51. The molecule has 3 unspecified atom stereocenters. The highest BCUT2D eigenvalue weighted by Crippen LogP contribution is 2.39. The van der Waals surface area contributed by atoms with Crippen molar-refractivity contribution in [3.8, 4) is 0 Å². The maximum atomic E-state index is 6.14. The minimum Gasteiger partial charge on any atom is -0.381 e. The van der Waals surface area contributed by atoms with Gasteiger partial charge in [-0.25, -0.2) is 0 Å². The first-order chi connectivity index (χ1) is 8.77. The minimum absolute atomic E-state index is 0.159. The van der Waals surface area contributed by atoms with Gasteiger partial charge in [-0.15, -0.1) is 0 Å². The van der Waals surface area contributed by atoms with Crippen LogP contribution in [0.3, 0.4) is 0 Å². The molecule has 3 nitrogen and oxygen atoms in total. The molecule has 0 saturated carbocycles. The molecule has 0 radical (unpaired) electrons. The van der Waals surface area contributed by atoms with Gasteiger partial charge in [-0.1, -0.05) is 6.92 Å². The fourth-order valence-electron chi connectivity index (χ4n) is 3.92. The first kappa shape index (κ1) is 12.9. The third-order valence-electron chi connectivity index (χ3n) is 5.20. The molecular formula is C15H27NO2. The van der Waals surface area contributed by atoms with Crippen LogP contribution in [0.4, 0.5) is 0 Å². The summed E-state index contributed by atoms with van der Waals surface area (Å²) in [4.78, 5) is 0. The first-order valence-corrected chi connectivity index (χ1v) is 7.72. The van der Waals surface area contributed by atoms with Gasteiger partial charge in [0.25, 0.3) is 0 Å². The third kappa shape index (κ3) is 2.73. The molecule has 3 rings (SSSR count). The molecule has 0 amide bonds. The van der Waals surface area contributed by atoms with Crippen LogP contribution in [0.15, 0.2) is 0 Å². The number of hydrogen-bond acceptors (Lipinski definition) is 3. The Balaban J connectivity index is 1.59. The molecule has 0 aliphatic carbocycles. The average molecular weight is 253 g/mol. The summed E-state index contributed by atoms with van der Waals surface area (Å²) in [5.41, 5.74) is 0.159. The maximum Gasteiger partial charge on any atom is 0.0729 e. The first-order valence-electron chi connectivity index (χ1n) is 7.72. The van der Waals surface area contributed by atoms with Crippen LogP contribution >= 0.6 is 0 Å². The van der Waals surface area contributed by atoms with E-state index < -0.39 is 0 Å². The average Bonchev–Trinajstić information content (AvgIpc) is 2.40. The van der Waals surface area contributed by atoms with Crippen LogP contribution in [-0.4, -0.2) is 38.0 Å². The smallest absolute Gasteiger partial charge is 0.0729 e. The van der Waals surface area contributed by atoms with Crippen LogP contribution in [0, 0.1) is 11.8 Å². The normalized spacial score (nSPS) is 40.8. The van der Waals surface area contributed by atoms with E-state index in [1.807, 2.05) is 0 Å². The summed E-state index contributed by atoms with van der Waals surface area (Å²) < 4.78 is 11.6. The van der Waals surface area contributed by atoms with E-state index in [0.717, 1.165) is 50.5 Å². The molecule has 3 aliphatic rings. The van der Waals surface area contributed by atoms with Crippen LogP contribution in [0.25, 0.3) is 0 Å². The topological polar surface area (TPSA) is 30.5 Å². The Bertz CT molecular complexity index is 262. The van der Waals surface area contributed by atoms with E-state index in [9.17, 15) is 0 Å². The lowest BCUT2D eigenvalue weighted by atomic mass is 9.75. The highest BCUT2D eigenvalue weighted by Gasteiger charge is 2.41. The van der Waals surface area contributed by atoms with Crippen LogP contribution in [0.2, 0.25) is 0 Å². The molecule has 0 aromatic carbocycles. The van der Waals surface area contributed by atoms with E-state index in [2.05, 4.69) is 12.2 Å². The van der Waals surface area contributed by atoms with Crippen LogP contribution < -0.4 is 5.32 Å². The zero-order valence-corrected chi connectivity index (χ0v) is 11.6. The highest BCUT2D eigenvalue weighted by molar-refractivity contribution is 4.93. The van der Waals surface area contributed by atoms with Gasteiger partial charge in [0, 0.05) is 25.9 Å². The molecule has 3 heteroatoms. The van der Waals surface area contributed by atoms with Crippen LogP contribution in [0.5, 0.6) is 0 Å². The Labute approximate surface area is 111 Å². The second kappa shape index (κ2) is 5.48. The standard InChI is InChI=1S/C15H27NO2/c1-12-2-3-14(16-11-12)13-4-7-18-15(10-13)5-8-17-9-6-15/h12-14,16H,2-11H2,1H3. The van der Waals surface area contributed by atoms with E-state index in [0.29, 0.717) is 0 Å². The Morgan fingerprint density at radius 2 is 1.89 bits per heavy atom. The van der Waals surface area contributed by atoms with Gasteiger partial charge in [-0.2, -0.15) is 0 Å². The number of hydrogen-bond donors (Lipinski definition) is 1. The van der Waals surface area contributed by atoms with Crippen molar-refractivity contribution in [2.75, 3.05) is 26.4 Å². The van der Waals surface area contributed by atoms with Gasteiger partial charge in [0.2, 0.25) is 0 Å². The predicted octanol–water partition coefficient (Wildman–Crippen LogP) is 2.35. The SMILES string of the molecule is CC1CCC(C2CCOC3(CCOCC3)C2)NC1. The van der Waals surface area contributed by atoms with Gasteiger partial charge in [0.15, 0.2) is 0 Å². The largest absolute Gasteiger partial charge is 0.381 e. The van der Waals surface area contributed by atoms with Crippen molar-refractivity contribution in [3.05, 3.63) is 0 Å². The molecule has 3 aliphatic heterocycles. The van der Waals surface area contributed by atoms with Gasteiger partial charge < -0.3 is 14.8 Å². The number of piperidine rings is 1. The van der Waals surface area contributed by atoms with E-state index in [1.54, 1.807) is 0 Å². The van der Waals surface area contributed by atoms with Crippen molar-refractivity contribution in [3.63, 3.8) is 0 Å². The lowest BCUT2D eigenvalue weighted by molar-refractivity contribution is -0.151. The van der Waals surface area contributed by atoms with Crippen molar-refractivity contribution in [2.24, 2.45) is 11.8 Å². The van der Waals surface area contributed by atoms with Crippen molar-refractivity contribution >= 4 is 0 Å². The summed E-state index contributed by atoms with van der Waals surface area (Å²) in [6, 6.07) is 0.741. The number of nitrogens with one attached hydrogen (secondary N) is 1. The summed E-state index contributed by atoms with van der Waals surface area (Å²) >= 11 is 0. The zero-order valence-electron chi connectivity index (χ0n) is 11.6. The monoisotopic (exact) mass is 253 g/mol. The lowest BCUT2D eigenvalue weighted by Gasteiger charge is -2.46. The van der Waals surface area contributed by atoms with E-state index in [4.69, 9.17) is 9.47 Å². The summed E-state index contributed by atoms with van der Waals surface area (Å²) in [6.45, 7) is 6.30. The van der Waals surface area contributed by atoms with Gasteiger partial charge >= 0.3 is 0 Å². The number of rotatable bonds is 1. The molecule has 1 spiro atoms. The minimum atomic E-state index is 0.159. The summed E-state index contributed by atoms with van der Waals surface area (Å²) in [7, 11) is 0. The number of ether oxygens (including phenoxy) is 2. The van der Waals surface area contributed by atoms with Gasteiger partial charge in [-0.05, 0) is 56.9 Å². The maximum absolute atomic E-state index is 6.14. The molecular weight excluding hydrogens is 226 g/mol. The summed E-state index contributed by atoms with van der Waals surface area (Å²) in [6.07, 6.45) is 7.46. The Kier molecular flexibility index (Phi) is 3.92. The Morgan fingerprint density at radius 1 is 1.06 bits per heavy atom. The molecule has 0 aromatic rings. The van der Waals surface area contributed by atoms with E-state index in [-0.39, 0.29) is 5.60 Å². The molecule has 0 aromatic heterocycles. The predicted molar refractivity (Wildman–Crippen MR) is 71.6 cm³/mol. The molecule has 3 saturated heterocycles. The van der Waals surface area contributed by atoms with Crippen LogP contribution in [0.1, 0.15) is 45.4 Å². The molecule has 0 bridgehead atoms. The summed E-state index contributed by atoms with van der Waals surface area (Å²) in [5, 5.41) is 3.77. The molecule has 104 valence electrons. The summed E-state index contributed by atoms with van der Waals surface area (Å²) in [5.74, 6) is 1.68. The van der Waals surface area contributed by atoms with Crippen molar-refractivity contribution < 1.29 is 9.47 Å². The Morgan fingerprint density at radius 3 is 2.61 bits per heavy atom. The zero-order chi connectivity index (χ0) is 12.4. The van der Waals surface area contributed by atoms with E-state index in [1.165, 1.54) is 32.2 Å². The quantitative estimate of drug-likeness (QED) is 0.778. The third-order valence-corrected chi connectivity index (χ3v) is 5.20. The van der Waals surface area contributed by atoms with Gasteiger partial charge in [0.05, 0.1) is 5.60 Å². The van der Waals surface area contributed by atoms with E-state index >= 15 is 0 Å². The van der Waals surface area contributed by atoms with Crippen molar-refractivity contribution in [1.82, 2.24) is 5.32 Å². The van der Waals surface area contributed by atoms with Gasteiger partial charge in [-0.3, -0.25) is 0 Å². The molecule has 18 heavy (non-hydrogen) atoms. The fraction of sp³-hybridized carbons (Fsp3) is 1.00. The van der Waals surface area contributed by atoms with Crippen molar-refractivity contribution in [1.29, 1.82) is 0 Å². The second-order valence-electron chi connectivity index (χ2n) is 6.59. The molecule has 1 N–H and O–H groups in total. The molecule has 3 heterocycles. The molecule has 3 atom stereocenters. The molecule has 3 fully saturated rings. The van der Waals surface area contributed by atoms with Gasteiger partial charge in [0.1, 0.15) is 0 Å². The second-order valence-corrected chi connectivity index (χ2v) is 6.59. The van der Waals surface area contributed by atoms with Crippen molar-refractivity contribution in [2.45, 2.75) is 57.1 Å². The Hall–Kier alpha value is -0.120.